The van der Waals surface area contributed by atoms with Gasteiger partial charge in [-0.2, -0.15) is 0 Å². The largest absolute Gasteiger partial charge is 0.497 e. The number of nitrogens with one attached hydrogen (secondary N) is 1. The molecule has 41 heavy (non-hydrogen) atoms. The third-order valence-electron chi connectivity index (χ3n) is 7.69. The molecule has 5 atom stereocenters. The Morgan fingerprint density at radius 2 is 1.39 bits per heavy atom. The van der Waals surface area contributed by atoms with Gasteiger partial charge in [0.05, 0.1) is 26.7 Å². The molecule has 2 heterocycles. The van der Waals surface area contributed by atoms with Crippen LogP contribution in [0.15, 0.2) is 78.9 Å². The van der Waals surface area contributed by atoms with Crippen molar-refractivity contribution < 1.29 is 38.7 Å². The van der Waals surface area contributed by atoms with E-state index in [-0.39, 0.29) is 13.2 Å². The molecule has 0 aromatic heterocycles. The van der Waals surface area contributed by atoms with Gasteiger partial charge in [0.1, 0.15) is 35.4 Å². The maximum Gasteiger partial charge on any atom is 0.326 e. The minimum absolute atomic E-state index is 0.0539. The van der Waals surface area contributed by atoms with E-state index in [0.29, 0.717) is 11.5 Å². The molecule has 0 aliphatic carbocycles. The molecule has 0 saturated carbocycles. The highest BCUT2D eigenvalue weighted by atomic mass is 16.6. The van der Waals surface area contributed by atoms with E-state index < -0.39 is 48.0 Å². The second-order valence-corrected chi connectivity index (χ2v) is 10.2. The number of nitrogens with zero attached hydrogens (tertiary/aromatic N) is 1. The van der Waals surface area contributed by atoms with E-state index in [2.05, 4.69) is 5.32 Å². The summed E-state index contributed by atoms with van der Waals surface area (Å²) in [7, 11) is 3.19. The van der Waals surface area contributed by atoms with E-state index in [1.165, 1.54) is 4.90 Å². The molecule has 0 radical (unpaired) electrons. The monoisotopic (exact) mass is 562 g/mol. The maximum atomic E-state index is 12.5. The van der Waals surface area contributed by atoms with Crippen LogP contribution >= 0.6 is 0 Å². The predicted molar refractivity (Wildman–Crippen MR) is 148 cm³/mol. The highest BCUT2D eigenvalue weighted by Gasteiger charge is 2.50. The minimum Gasteiger partial charge on any atom is -0.497 e. The average molecular weight is 563 g/mol. The van der Waals surface area contributed by atoms with Crippen LogP contribution in [0.5, 0.6) is 11.5 Å². The van der Waals surface area contributed by atoms with Gasteiger partial charge in [-0.3, -0.25) is 15.0 Å². The first-order valence-electron chi connectivity index (χ1n) is 13.4. The van der Waals surface area contributed by atoms with E-state index in [0.717, 1.165) is 16.7 Å². The van der Waals surface area contributed by atoms with Crippen LogP contribution in [0.25, 0.3) is 0 Å². The van der Waals surface area contributed by atoms with Crippen LogP contribution in [-0.2, 0) is 19.9 Å². The van der Waals surface area contributed by atoms with Crippen LogP contribution in [0.4, 0.5) is 4.79 Å². The molecule has 0 bridgehead atoms. The van der Waals surface area contributed by atoms with Gasteiger partial charge in [-0.15, -0.1) is 0 Å². The van der Waals surface area contributed by atoms with E-state index in [4.69, 9.17) is 18.9 Å². The number of carbonyl (C=O) groups is 2. The Morgan fingerprint density at radius 3 is 1.93 bits per heavy atom. The first kappa shape index (κ1) is 28.6. The number of hydrogen-bond acceptors (Lipinski definition) is 8. The third kappa shape index (κ3) is 5.39. The molecule has 2 saturated heterocycles. The van der Waals surface area contributed by atoms with Crippen LogP contribution in [0.3, 0.4) is 0 Å². The Balaban J connectivity index is 1.51. The van der Waals surface area contributed by atoms with E-state index in [1.807, 2.05) is 78.9 Å². The minimum atomic E-state index is -1.40. The van der Waals surface area contributed by atoms with Gasteiger partial charge in [0, 0.05) is 6.54 Å². The Bertz CT molecular complexity index is 1300. The molecule has 3 aromatic rings. The number of amides is 3. The molecule has 2 fully saturated rings. The summed E-state index contributed by atoms with van der Waals surface area (Å²) >= 11 is 0. The predicted octanol–water partition coefficient (Wildman–Crippen LogP) is 2.65. The van der Waals surface area contributed by atoms with Gasteiger partial charge >= 0.3 is 6.03 Å². The lowest BCUT2D eigenvalue weighted by molar-refractivity contribution is -0.132. The average Bonchev–Trinajstić information content (AvgIpc) is 3.29. The zero-order chi connectivity index (χ0) is 29.1. The number of aliphatic hydroxyl groups excluding tert-OH is 2. The fraction of sp³-hybridized carbons (Fsp3) is 0.355. The molecule has 10 nitrogen and oxygen atoms in total. The normalized spacial score (nSPS) is 24.7. The second kappa shape index (κ2) is 11.9. The topological polar surface area (TPSA) is 127 Å². The molecule has 5 unspecified atom stereocenters. The van der Waals surface area contributed by atoms with E-state index in [1.54, 1.807) is 21.1 Å². The SMILES string of the molecule is COc1ccc(C(OCC2OC(N3CC(C)C(=O)NC3=O)C(O)C2O)(c2ccccc2)c2ccc(OC)cc2)cc1. The van der Waals surface area contributed by atoms with Gasteiger partial charge in [0.25, 0.3) is 0 Å². The summed E-state index contributed by atoms with van der Waals surface area (Å²) in [5, 5.41) is 24.1. The lowest BCUT2D eigenvalue weighted by Crippen LogP contribution is -2.59. The molecular weight excluding hydrogens is 528 g/mol. The quantitative estimate of drug-likeness (QED) is 0.340. The molecule has 10 heteroatoms. The standard InChI is InChI=1S/C31H34N2O8/c1-19-17-33(30(37)32-28(19)36)29-27(35)26(34)25(41-29)18-40-31(20-7-5-4-6-8-20,21-9-13-23(38-2)14-10-21)22-11-15-24(39-3)16-12-22/h4-16,19,25-27,29,34-35H,17-18H2,1-3H3,(H,32,36,37). The van der Waals surface area contributed by atoms with Crippen molar-refractivity contribution in [2.45, 2.75) is 37.1 Å². The fourth-order valence-electron chi connectivity index (χ4n) is 5.39. The van der Waals surface area contributed by atoms with Crippen molar-refractivity contribution >= 4 is 11.9 Å². The van der Waals surface area contributed by atoms with Crippen LogP contribution in [0, 0.1) is 5.92 Å². The molecule has 3 aromatic carbocycles. The van der Waals surface area contributed by atoms with Gasteiger partial charge in [0.15, 0.2) is 6.23 Å². The lowest BCUT2D eigenvalue weighted by atomic mass is 9.80. The third-order valence-corrected chi connectivity index (χ3v) is 7.69. The zero-order valence-electron chi connectivity index (χ0n) is 23.1. The van der Waals surface area contributed by atoms with Gasteiger partial charge in [-0.1, -0.05) is 61.5 Å². The first-order valence-corrected chi connectivity index (χ1v) is 13.4. The van der Waals surface area contributed by atoms with E-state index >= 15 is 0 Å². The lowest BCUT2D eigenvalue weighted by Gasteiger charge is -2.37. The van der Waals surface area contributed by atoms with Crippen molar-refractivity contribution in [2.75, 3.05) is 27.4 Å². The first-order chi connectivity index (χ1) is 19.8. The highest BCUT2D eigenvalue weighted by molar-refractivity contribution is 5.97. The number of hydrogen-bond donors (Lipinski definition) is 3. The van der Waals surface area contributed by atoms with Crippen molar-refractivity contribution in [1.29, 1.82) is 0 Å². The van der Waals surface area contributed by atoms with Crippen molar-refractivity contribution in [1.82, 2.24) is 10.2 Å². The molecule has 2 aliphatic heterocycles. The summed E-state index contributed by atoms with van der Waals surface area (Å²) < 4.78 is 23.6. The molecule has 3 N–H and O–H groups in total. The Labute approximate surface area is 238 Å². The summed E-state index contributed by atoms with van der Waals surface area (Å²) in [4.78, 5) is 25.7. The van der Waals surface area contributed by atoms with Gasteiger partial charge in [-0.25, -0.2) is 4.79 Å². The van der Waals surface area contributed by atoms with Gasteiger partial charge < -0.3 is 29.2 Å². The number of benzene rings is 3. The number of aliphatic hydroxyl groups is 2. The fourth-order valence-corrected chi connectivity index (χ4v) is 5.39. The van der Waals surface area contributed by atoms with Crippen molar-refractivity contribution in [3.63, 3.8) is 0 Å². The Morgan fingerprint density at radius 1 is 0.854 bits per heavy atom. The Kier molecular flexibility index (Phi) is 8.27. The summed E-state index contributed by atoms with van der Waals surface area (Å²) in [6.07, 6.45) is -4.87. The summed E-state index contributed by atoms with van der Waals surface area (Å²) in [6, 6.07) is 24.0. The number of carbonyl (C=O) groups excluding carboxylic acids is 2. The molecule has 0 spiro atoms. The molecular formula is C31H34N2O8. The summed E-state index contributed by atoms with van der Waals surface area (Å²) in [6.45, 7) is 1.59. The molecule has 2 aliphatic rings. The summed E-state index contributed by atoms with van der Waals surface area (Å²) in [5.41, 5.74) is 1.25. The van der Waals surface area contributed by atoms with Crippen LogP contribution in [-0.4, -0.2) is 79.0 Å². The van der Waals surface area contributed by atoms with E-state index in [9.17, 15) is 19.8 Å². The van der Waals surface area contributed by atoms with Crippen molar-refractivity contribution in [3.05, 3.63) is 95.6 Å². The van der Waals surface area contributed by atoms with Gasteiger partial charge in [0.2, 0.25) is 5.91 Å². The second-order valence-electron chi connectivity index (χ2n) is 10.2. The van der Waals surface area contributed by atoms with Crippen LogP contribution in [0.1, 0.15) is 23.6 Å². The highest BCUT2D eigenvalue weighted by Crippen LogP contribution is 2.42. The number of ether oxygens (including phenoxy) is 4. The Hall–Kier alpha value is -3.96. The number of urea groups is 1. The molecule has 216 valence electrons. The molecule has 5 rings (SSSR count). The maximum absolute atomic E-state index is 12.5. The van der Waals surface area contributed by atoms with Crippen LogP contribution in [0.2, 0.25) is 0 Å². The molecule has 3 amide bonds. The smallest absolute Gasteiger partial charge is 0.326 e. The van der Waals surface area contributed by atoms with Gasteiger partial charge in [-0.05, 0) is 41.0 Å². The van der Waals surface area contributed by atoms with Crippen LogP contribution < -0.4 is 14.8 Å². The zero-order valence-corrected chi connectivity index (χ0v) is 23.1. The summed E-state index contributed by atoms with van der Waals surface area (Å²) in [5.74, 6) is 0.467. The number of methoxy groups -OCH3 is 2. The van der Waals surface area contributed by atoms with Crippen molar-refractivity contribution in [3.8, 4) is 11.5 Å². The van der Waals surface area contributed by atoms with Crippen molar-refractivity contribution in [2.24, 2.45) is 5.92 Å². The number of rotatable bonds is 9. The number of imide groups is 1.